The monoisotopic (exact) mass is 418 g/mol. The number of nitrogens with zero attached hydrogens (tertiary/aromatic N) is 1. The lowest BCUT2D eigenvalue weighted by atomic mass is 10.1. The maximum atomic E-state index is 12.5. The molecule has 0 radical (unpaired) electrons. The van der Waals surface area contributed by atoms with Gasteiger partial charge < -0.3 is 19.7 Å². The third kappa shape index (κ3) is 6.09. The van der Waals surface area contributed by atoms with Crippen molar-refractivity contribution in [2.75, 3.05) is 31.4 Å². The molecule has 3 rings (SSSR count). The van der Waals surface area contributed by atoms with Gasteiger partial charge in [0, 0.05) is 31.9 Å². The van der Waals surface area contributed by atoms with Crippen LogP contribution in [0.25, 0.3) is 0 Å². The van der Waals surface area contributed by atoms with E-state index in [0.29, 0.717) is 29.2 Å². The van der Waals surface area contributed by atoms with Crippen LogP contribution in [-0.2, 0) is 11.2 Å². The van der Waals surface area contributed by atoms with E-state index in [1.807, 2.05) is 43.3 Å². The highest BCUT2D eigenvalue weighted by Crippen LogP contribution is 2.21. The number of carbonyl (C=O) groups excluding carboxylic acids is 2. The lowest BCUT2D eigenvalue weighted by Crippen LogP contribution is -2.13. The molecule has 0 spiro atoms. The van der Waals surface area contributed by atoms with Crippen LogP contribution in [0.15, 0.2) is 72.8 Å². The molecule has 0 fully saturated rings. The third-order valence-electron chi connectivity index (χ3n) is 4.77. The average Bonchev–Trinajstić information content (AvgIpc) is 2.79. The van der Waals surface area contributed by atoms with Crippen LogP contribution in [0.1, 0.15) is 22.3 Å². The molecule has 6 nitrogen and oxygen atoms in total. The SMILES string of the molecule is COc1ccccc1C(=O)Nc1ccc(OC(=O)CCc2ccc(N(C)C)cc2)cc1. The molecular weight excluding hydrogens is 392 g/mol. The van der Waals surface area contributed by atoms with Gasteiger partial charge in [-0.3, -0.25) is 9.59 Å². The standard InChI is InChI=1S/C25H26N2O4/c1-27(2)20-13-8-18(9-14-20)10-17-24(28)31-21-15-11-19(12-16-21)26-25(29)22-6-4-5-7-23(22)30-3/h4-9,11-16H,10,17H2,1-3H3,(H,26,29). The fourth-order valence-electron chi connectivity index (χ4n) is 3.03. The fourth-order valence-corrected chi connectivity index (χ4v) is 3.03. The van der Waals surface area contributed by atoms with Gasteiger partial charge in [-0.2, -0.15) is 0 Å². The Labute approximate surface area is 182 Å². The molecule has 3 aromatic carbocycles. The lowest BCUT2D eigenvalue weighted by Gasteiger charge is -2.12. The van der Waals surface area contributed by atoms with Crippen molar-refractivity contribution in [3.05, 3.63) is 83.9 Å². The van der Waals surface area contributed by atoms with Crippen molar-refractivity contribution in [2.45, 2.75) is 12.8 Å². The molecule has 0 saturated carbocycles. The molecule has 0 atom stereocenters. The average molecular weight is 418 g/mol. The zero-order valence-electron chi connectivity index (χ0n) is 17.9. The van der Waals surface area contributed by atoms with Crippen LogP contribution in [0.4, 0.5) is 11.4 Å². The second-order valence-electron chi connectivity index (χ2n) is 7.21. The molecule has 0 heterocycles. The number of hydrogen-bond donors (Lipinski definition) is 1. The van der Waals surface area contributed by atoms with Crippen LogP contribution in [-0.4, -0.2) is 33.1 Å². The normalized spacial score (nSPS) is 10.3. The van der Waals surface area contributed by atoms with E-state index in [-0.39, 0.29) is 18.3 Å². The maximum Gasteiger partial charge on any atom is 0.311 e. The van der Waals surface area contributed by atoms with Crippen molar-refractivity contribution in [1.29, 1.82) is 0 Å². The Morgan fingerprint density at radius 1 is 0.903 bits per heavy atom. The van der Waals surface area contributed by atoms with Crippen LogP contribution in [0, 0.1) is 0 Å². The summed E-state index contributed by atoms with van der Waals surface area (Å²) in [6, 6.07) is 21.8. The Balaban J connectivity index is 1.51. The molecule has 3 aromatic rings. The Kier molecular flexibility index (Phi) is 7.27. The Morgan fingerprint density at radius 3 is 2.23 bits per heavy atom. The van der Waals surface area contributed by atoms with Gasteiger partial charge in [-0.1, -0.05) is 24.3 Å². The quantitative estimate of drug-likeness (QED) is 0.429. The van der Waals surface area contributed by atoms with Crippen LogP contribution in [0.3, 0.4) is 0 Å². The second kappa shape index (κ2) is 10.3. The van der Waals surface area contributed by atoms with E-state index in [4.69, 9.17) is 9.47 Å². The van der Waals surface area contributed by atoms with Crippen LogP contribution < -0.4 is 19.7 Å². The number of methoxy groups -OCH3 is 1. The molecule has 31 heavy (non-hydrogen) atoms. The summed E-state index contributed by atoms with van der Waals surface area (Å²) in [6.07, 6.45) is 0.896. The van der Waals surface area contributed by atoms with E-state index in [9.17, 15) is 9.59 Å². The van der Waals surface area contributed by atoms with Gasteiger partial charge in [0.1, 0.15) is 11.5 Å². The highest BCUT2D eigenvalue weighted by Gasteiger charge is 2.12. The smallest absolute Gasteiger partial charge is 0.311 e. The second-order valence-corrected chi connectivity index (χ2v) is 7.21. The molecule has 6 heteroatoms. The number of anilines is 2. The first-order valence-corrected chi connectivity index (χ1v) is 9.97. The number of ether oxygens (including phenoxy) is 2. The summed E-state index contributed by atoms with van der Waals surface area (Å²) in [7, 11) is 5.50. The van der Waals surface area contributed by atoms with Crippen molar-refractivity contribution >= 4 is 23.3 Å². The van der Waals surface area contributed by atoms with Gasteiger partial charge in [-0.05, 0) is 60.5 Å². The highest BCUT2D eigenvalue weighted by atomic mass is 16.5. The molecule has 0 bridgehead atoms. The molecule has 160 valence electrons. The molecule has 0 aliphatic carbocycles. The number of benzene rings is 3. The van der Waals surface area contributed by atoms with E-state index in [2.05, 4.69) is 5.32 Å². The van der Waals surface area contributed by atoms with Gasteiger partial charge in [0.2, 0.25) is 0 Å². The summed E-state index contributed by atoms with van der Waals surface area (Å²) in [5.41, 5.74) is 3.23. The summed E-state index contributed by atoms with van der Waals surface area (Å²) in [4.78, 5) is 26.6. The van der Waals surface area contributed by atoms with Crippen LogP contribution in [0.5, 0.6) is 11.5 Å². The predicted octanol–water partition coefficient (Wildman–Crippen LogP) is 4.55. The Morgan fingerprint density at radius 2 is 1.58 bits per heavy atom. The van der Waals surface area contributed by atoms with Gasteiger partial charge in [0.25, 0.3) is 5.91 Å². The molecular formula is C25H26N2O4. The van der Waals surface area contributed by atoms with E-state index in [0.717, 1.165) is 11.3 Å². The van der Waals surface area contributed by atoms with Gasteiger partial charge in [-0.25, -0.2) is 0 Å². The van der Waals surface area contributed by atoms with E-state index < -0.39 is 0 Å². The number of hydrogen-bond acceptors (Lipinski definition) is 5. The first-order valence-electron chi connectivity index (χ1n) is 9.97. The summed E-state index contributed by atoms with van der Waals surface area (Å²) in [6.45, 7) is 0. The van der Waals surface area contributed by atoms with Crippen LogP contribution in [0.2, 0.25) is 0 Å². The van der Waals surface area contributed by atoms with Gasteiger partial charge in [0.15, 0.2) is 0 Å². The number of nitrogens with one attached hydrogen (secondary N) is 1. The summed E-state index contributed by atoms with van der Waals surface area (Å²) < 4.78 is 10.6. The zero-order chi connectivity index (χ0) is 22.2. The molecule has 0 aliphatic heterocycles. The molecule has 0 unspecified atom stereocenters. The maximum absolute atomic E-state index is 12.5. The molecule has 0 aromatic heterocycles. The Hall–Kier alpha value is -3.80. The highest BCUT2D eigenvalue weighted by molar-refractivity contribution is 6.06. The number of para-hydroxylation sites is 1. The van der Waals surface area contributed by atoms with Crippen molar-refractivity contribution < 1.29 is 19.1 Å². The minimum atomic E-state index is -0.303. The third-order valence-corrected chi connectivity index (χ3v) is 4.77. The van der Waals surface area contributed by atoms with Gasteiger partial charge in [0.05, 0.1) is 12.7 Å². The van der Waals surface area contributed by atoms with E-state index in [1.165, 1.54) is 7.11 Å². The first kappa shape index (κ1) is 21.9. The first-order chi connectivity index (χ1) is 15.0. The minimum absolute atomic E-state index is 0.275. The minimum Gasteiger partial charge on any atom is -0.496 e. The number of carbonyl (C=O) groups is 2. The number of esters is 1. The summed E-state index contributed by atoms with van der Waals surface area (Å²) >= 11 is 0. The van der Waals surface area contributed by atoms with Crippen molar-refractivity contribution in [3.8, 4) is 11.5 Å². The van der Waals surface area contributed by atoms with E-state index >= 15 is 0 Å². The molecule has 0 aliphatic rings. The molecule has 1 amide bonds. The van der Waals surface area contributed by atoms with Crippen LogP contribution >= 0.6 is 0 Å². The van der Waals surface area contributed by atoms with Crippen molar-refractivity contribution in [1.82, 2.24) is 0 Å². The zero-order valence-corrected chi connectivity index (χ0v) is 17.9. The summed E-state index contributed by atoms with van der Waals surface area (Å²) in [5, 5.41) is 2.81. The van der Waals surface area contributed by atoms with Crippen molar-refractivity contribution in [3.63, 3.8) is 0 Å². The molecule has 1 N–H and O–H groups in total. The Bertz CT molecular complexity index is 1030. The van der Waals surface area contributed by atoms with Gasteiger partial charge >= 0.3 is 5.97 Å². The van der Waals surface area contributed by atoms with Gasteiger partial charge in [-0.15, -0.1) is 0 Å². The fraction of sp³-hybridized carbons (Fsp3) is 0.200. The number of rotatable bonds is 8. The van der Waals surface area contributed by atoms with E-state index in [1.54, 1.807) is 48.5 Å². The number of aryl methyl sites for hydroxylation is 1. The number of amides is 1. The molecule has 0 saturated heterocycles. The summed E-state index contributed by atoms with van der Waals surface area (Å²) in [5.74, 6) is 0.357. The largest absolute Gasteiger partial charge is 0.496 e. The topological polar surface area (TPSA) is 67.9 Å². The predicted molar refractivity (Wildman–Crippen MR) is 122 cm³/mol. The lowest BCUT2D eigenvalue weighted by molar-refractivity contribution is -0.134. The van der Waals surface area contributed by atoms with Crippen molar-refractivity contribution in [2.24, 2.45) is 0 Å².